The lowest BCUT2D eigenvalue weighted by Crippen LogP contribution is -2.26. The van der Waals surface area contributed by atoms with Crippen LogP contribution in [0.2, 0.25) is 0 Å². The second-order valence-electron chi connectivity index (χ2n) is 5.22. The number of Topliss-reactive ketones (excluding diaryl/α,β-unsaturated/α-hetero) is 1. The van der Waals surface area contributed by atoms with Crippen molar-refractivity contribution in [3.63, 3.8) is 0 Å². The Morgan fingerprint density at radius 3 is 2.56 bits per heavy atom. The third-order valence-electron chi connectivity index (χ3n) is 3.15. The summed E-state index contributed by atoms with van der Waals surface area (Å²) in [6, 6.07) is 3.98. The fourth-order valence-electron chi connectivity index (χ4n) is 2.02. The number of aryl methyl sites for hydroxylation is 1. The second kappa shape index (κ2) is 7.27. The van der Waals surface area contributed by atoms with Crippen LogP contribution in [0.1, 0.15) is 38.4 Å². The zero-order valence-electron chi connectivity index (χ0n) is 11.6. The molecule has 0 aliphatic heterocycles. The molecule has 2 N–H and O–H groups in total. The molecule has 0 saturated heterocycles. The quantitative estimate of drug-likeness (QED) is 0.806. The van der Waals surface area contributed by atoms with E-state index in [1.54, 1.807) is 0 Å². The minimum atomic E-state index is -0.0300. The molecule has 18 heavy (non-hydrogen) atoms. The minimum absolute atomic E-state index is 0.0300. The van der Waals surface area contributed by atoms with Crippen molar-refractivity contribution in [1.29, 1.82) is 0 Å². The Balaban J connectivity index is 2.61. The number of ketones is 1. The van der Waals surface area contributed by atoms with Gasteiger partial charge in [-0.3, -0.25) is 9.78 Å². The molecule has 0 aliphatic carbocycles. The summed E-state index contributed by atoms with van der Waals surface area (Å²) in [5, 5.41) is 0. The molecule has 1 unspecified atom stereocenters. The van der Waals surface area contributed by atoms with Gasteiger partial charge >= 0.3 is 0 Å². The molecule has 3 heteroatoms. The van der Waals surface area contributed by atoms with Crippen molar-refractivity contribution in [2.45, 2.75) is 40.0 Å². The largest absolute Gasteiger partial charge is 0.330 e. The van der Waals surface area contributed by atoms with Crippen LogP contribution < -0.4 is 5.73 Å². The maximum atomic E-state index is 12.1. The molecule has 0 saturated carbocycles. The molecule has 100 valence electrons. The fourth-order valence-corrected chi connectivity index (χ4v) is 2.02. The summed E-state index contributed by atoms with van der Waals surface area (Å²) in [6.07, 6.45) is 4.09. The number of nitrogens with zero attached hydrogens (tertiary/aromatic N) is 1. The molecule has 0 spiro atoms. The highest BCUT2D eigenvalue weighted by Crippen LogP contribution is 2.14. The van der Waals surface area contributed by atoms with Crippen LogP contribution >= 0.6 is 0 Å². The molecule has 1 rings (SSSR count). The van der Waals surface area contributed by atoms with Crippen molar-refractivity contribution in [2.24, 2.45) is 17.6 Å². The van der Waals surface area contributed by atoms with Crippen molar-refractivity contribution in [3.05, 3.63) is 29.6 Å². The van der Waals surface area contributed by atoms with Gasteiger partial charge in [-0.25, -0.2) is 0 Å². The Kier molecular flexibility index (Phi) is 5.99. The highest BCUT2D eigenvalue weighted by molar-refractivity contribution is 5.83. The van der Waals surface area contributed by atoms with Crippen molar-refractivity contribution >= 4 is 5.78 Å². The van der Waals surface area contributed by atoms with E-state index in [9.17, 15) is 4.79 Å². The Bertz CT molecular complexity index is 371. The third-order valence-corrected chi connectivity index (χ3v) is 3.15. The highest BCUT2D eigenvalue weighted by atomic mass is 16.1. The zero-order valence-corrected chi connectivity index (χ0v) is 11.6. The van der Waals surface area contributed by atoms with E-state index in [2.05, 4.69) is 25.8 Å². The van der Waals surface area contributed by atoms with E-state index in [4.69, 9.17) is 5.73 Å². The summed E-state index contributed by atoms with van der Waals surface area (Å²) in [5.74, 6) is 0.679. The molecule has 1 atom stereocenters. The van der Waals surface area contributed by atoms with Gasteiger partial charge in [0.25, 0.3) is 0 Å². The average Bonchev–Trinajstić information content (AvgIpc) is 2.36. The van der Waals surface area contributed by atoms with E-state index in [1.807, 2.05) is 18.3 Å². The zero-order chi connectivity index (χ0) is 13.5. The predicted octanol–water partition coefficient (Wildman–Crippen LogP) is 2.38. The highest BCUT2D eigenvalue weighted by Gasteiger charge is 2.18. The topological polar surface area (TPSA) is 56.0 Å². The second-order valence-corrected chi connectivity index (χ2v) is 5.22. The molecule has 0 radical (unpaired) electrons. The van der Waals surface area contributed by atoms with Crippen molar-refractivity contribution < 1.29 is 4.79 Å². The number of nitrogens with two attached hydrogens (primary N) is 1. The smallest absolute Gasteiger partial charge is 0.143 e. The molecular weight excluding hydrogens is 224 g/mol. The molecule has 0 fully saturated rings. The molecule has 1 heterocycles. The van der Waals surface area contributed by atoms with Crippen LogP contribution in [-0.4, -0.2) is 17.3 Å². The van der Waals surface area contributed by atoms with Gasteiger partial charge in [0.1, 0.15) is 5.78 Å². The standard InChI is InChI=1S/C15H24N2O/c1-4-12-5-6-14(17-10-12)8-15(18)13(9-16)7-11(2)3/h5-6,10-11,13H,4,7-9,16H2,1-3H3. The van der Waals surface area contributed by atoms with E-state index in [1.165, 1.54) is 5.56 Å². The van der Waals surface area contributed by atoms with Gasteiger partial charge in [-0.1, -0.05) is 26.8 Å². The van der Waals surface area contributed by atoms with Gasteiger partial charge in [-0.05, 0) is 30.4 Å². The number of hydrogen-bond donors (Lipinski definition) is 1. The molecular formula is C15H24N2O. The maximum absolute atomic E-state index is 12.1. The normalized spacial score (nSPS) is 12.7. The summed E-state index contributed by atoms with van der Waals surface area (Å²) >= 11 is 0. The number of rotatable bonds is 7. The Morgan fingerprint density at radius 1 is 1.39 bits per heavy atom. The molecule has 1 aromatic rings. The van der Waals surface area contributed by atoms with Gasteiger partial charge in [0.2, 0.25) is 0 Å². The predicted molar refractivity (Wildman–Crippen MR) is 74.3 cm³/mol. The minimum Gasteiger partial charge on any atom is -0.330 e. The fraction of sp³-hybridized carbons (Fsp3) is 0.600. The summed E-state index contributed by atoms with van der Waals surface area (Å²) in [7, 11) is 0. The molecule has 3 nitrogen and oxygen atoms in total. The van der Waals surface area contributed by atoms with Gasteiger partial charge < -0.3 is 5.73 Å². The van der Waals surface area contributed by atoms with Gasteiger partial charge in [-0.2, -0.15) is 0 Å². The molecule has 0 aromatic carbocycles. The summed E-state index contributed by atoms with van der Waals surface area (Å²) in [4.78, 5) is 16.4. The van der Waals surface area contributed by atoms with Crippen molar-refractivity contribution in [1.82, 2.24) is 4.98 Å². The van der Waals surface area contributed by atoms with Gasteiger partial charge in [-0.15, -0.1) is 0 Å². The first-order valence-corrected chi connectivity index (χ1v) is 6.73. The number of aromatic nitrogens is 1. The maximum Gasteiger partial charge on any atom is 0.143 e. The summed E-state index contributed by atoms with van der Waals surface area (Å²) < 4.78 is 0. The summed E-state index contributed by atoms with van der Waals surface area (Å²) in [6.45, 7) is 6.76. The molecule has 0 amide bonds. The number of hydrogen-bond acceptors (Lipinski definition) is 3. The number of carbonyl (C=O) groups excluding carboxylic acids is 1. The van der Waals surface area contributed by atoms with E-state index in [-0.39, 0.29) is 11.7 Å². The van der Waals surface area contributed by atoms with Crippen LogP contribution in [0, 0.1) is 11.8 Å². The van der Waals surface area contributed by atoms with Gasteiger partial charge in [0.15, 0.2) is 0 Å². The molecule has 0 aliphatic rings. The lowest BCUT2D eigenvalue weighted by Gasteiger charge is -2.15. The first-order chi connectivity index (χ1) is 8.56. The van der Waals surface area contributed by atoms with Crippen LogP contribution in [0.15, 0.2) is 18.3 Å². The Labute approximate surface area is 110 Å². The van der Waals surface area contributed by atoms with E-state index in [0.29, 0.717) is 18.9 Å². The lowest BCUT2D eigenvalue weighted by molar-refractivity contribution is -0.122. The van der Waals surface area contributed by atoms with E-state index >= 15 is 0 Å². The summed E-state index contributed by atoms with van der Waals surface area (Å²) in [5.41, 5.74) is 7.72. The number of carbonyl (C=O) groups is 1. The lowest BCUT2D eigenvalue weighted by atomic mass is 9.91. The van der Waals surface area contributed by atoms with Crippen LogP contribution in [0.5, 0.6) is 0 Å². The van der Waals surface area contributed by atoms with Crippen LogP contribution in [0.25, 0.3) is 0 Å². The molecule has 0 bridgehead atoms. The first kappa shape index (κ1) is 14.8. The van der Waals surface area contributed by atoms with Crippen LogP contribution in [0.4, 0.5) is 0 Å². The van der Waals surface area contributed by atoms with Crippen molar-refractivity contribution in [3.8, 4) is 0 Å². The van der Waals surface area contributed by atoms with Gasteiger partial charge in [0.05, 0.1) is 0 Å². The third kappa shape index (κ3) is 4.57. The van der Waals surface area contributed by atoms with Crippen molar-refractivity contribution in [2.75, 3.05) is 6.54 Å². The Morgan fingerprint density at radius 2 is 2.11 bits per heavy atom. The Hall–Kier alpha value is -1.22. The molecule has 1 aromatic heterocycles. The first-order valence-electron chi connectivity index (χ1n) is 6.73. The number of pyridine rings is 1. The van der Waals surface area contributed by atoms with Crippen LogP contribution in [-0.2, 0) is 17.6 Å². The average molecular weight is 248 g/mol. The van der Waals surface area contributed by atoms with Crippen LogP contribution in [0.3, 0.4) is 0 Å². The van der Waals surface area contributed by atoms with E-state index in [0.717, 1.165) is 18.5 Å². The SMILES string of the molecule is CCc1ccc(CC(=O)C(CN)CC(C)C)nc1. The van der Waals surface area contributed by atoms with E-state index < -0.39 is 0 Å². The monoisotopic (exact) mass is 248 g/mol. The van der Waals surface area contributed by atoms with Gasteiger partial charge in [0, 0.05) is 30.8 Å².